The van der Waals surface area contributed by atoms with Gasteiger partial charge in [-0.15, -0.1) is 5.73 Å². The molecule has 1 atom stereocenters. The summed E-state index contributed by atoms with van der Waals surface area (Å²) in [6, 6.07) is 14.4. The van der Waals surface area contributed by atoms with Gasteiger partial charge in [-0.2, -0.15) is 0 Å². The molecule has 156 valence electrons. The van der Waals surface area contributed by atoms with Crippen LogP contribution in [-0.2, 0) is 0 Å². The van der Waals surface area contributed by atoms with Gasteiger partial charge in [-0.25, -0.2) is 0 Å². The van der Waals surface area contributed by atoms with Crippen LogP contribution < -0.4 is 0 Å². The molecule has 4 heteroatoms. The smallest absolute Gasteiger partial charge is 0.286 e. The van der Waals surface area contributed by atoms with Crippen LogP contribution in [0, 0.1) is 5.41 Å². The van der Waals surface area contributed by atoms with E-state index in [1.807, 2.05) is 69.0 Å². The van der Waals surface area contributed by atoms with E-state index in [9.17, 15) is 9.90 Å². The van der Waals surface area contributed by atoms with E-state index in [1.165, 1.54) is 0 Å². The molecule has 0 bridgehead atoms. The number of aliphatic hydroxyl groups excluding tert-OH is 1. The fourth-order valence-corrected chi connectivity index (χ4v) is 4.30. The third-order valence-corrected chi connectivity index (χ3v) is 5.52. The predicted octanol–water partition coefficient (Wildman–Crippen LogP) is 6.93. The van der Waals surface area contributed by atoms with Crippen molar-refractivity contribution in [3.05, 3.63) is 64.7 Å². The second kappa shape index (κ2) is 9.67. The lowest BCUT2D eigenvalue weighted by molar-refractivity contribution is 0.188. The minimum absolute atomic E-state index is 0.00375. The number of amides is 1. The SMILES string of the molecule is CC(C)N(C(=O)SC=C=C([C@H](O)c1ccc2ccccc2c1)C(C)(C)C)C(C)C. The maximum absolute atomic E-state index is 12.6. The number of carbonyl (C=O) groups excluding carboxylic acids is 1. The molecular formula is C25H33NO2S. The van der Waals surface area contributed by atoms with Crippen LogP contribution in [0.1, 0.15) is 60.1 Å². The molecule has 1 N–H and O–H groups in total. The molecule has 2 aromatic rings. The van der Waals surface area contributed by atoms with Crippen molar-refractivity contribution < 1.29 is 9.90 Å². The Labute approximate surface area is 179 Å². The Hall–Kier alpha value is -2.00. The van der Waals surface area contributed by atoms with Gasteiger partial charge in [-0.05, 0) is 67.3 Å². The first-order valence-electron chi connectivity index (χ1n) is 10.1. The fourth-order valence-electron chi connectivity index (χ4n) is 3.47. The zero-order chi connectivity index (χ0) is 21.8. The number of carbonyl (C=O) groups is 1. The zero-order valence-electron chi connectivity index (χ0n) is 18.6. The second-order valence-corrected chi connectivity index (χ2v) is 9.73. The number of rotatable bonds is 5. The summed E-state index contributed by atoms with van der Waals surface area (Å²) in [5.41, 5.74) is 4.52. The van der Waals surface area contributed by atoms with Gasteiger partial charge in [0.25, 0.3) is 5.24 Å². The third-order valence-electron chi connectivity index (χ3n) is 4.87. The van der Waals surface area contributed by atoms with Gasteiger partial charge in [0.05, 0.1) is 0 Å². The molecule has 0 unspecified atom stereocenters. The maximum Gasteiger partial charge on any atom is 0.286 e. The minimum Gasteiger partial charge on any atom is -0.383 e. The number of benzene rings is 2. The minimum atomic E-state index is -0.780. The van der Waals surface area contributed by atoms with E-state index < -0.39 is 6.10 Å². The van der Waals surface area contributed by atoms with Crippen molar-refractivity contribution in [3.8, 4) is 0 Å². The molecule has 0 aliphatic rings. The van der Waals surface area contributed by atoms with Gasteiger partial charge in [-0.3, -0.25) is 4.79 Å². The first-order valence-corrected chi connectivity index (χ1v) is 11.0. The molecule has 0 spiro atoms. The molecule has 0 aliphatic heterocycles. The van der Waals surface area contributed by atoms with Gasteiger partial charge in [-0.1, -0.05) is 57.2 Å². The van der Waals surface area contributed by atoms with E-state index in [4.69, 9.17) is 0 Å². The van der Waals surface area contributed by atoms with Crippen molar-refractivity contribution in [1.82, 2.24) is 4.90 Å². The van der Waals surface area contributed by atoms with E-state index in [0.29, 0.717) is 0 Å². The highest BCUT2D eigenvalue weighted by molar-refractivity contribution is 8.16. The summed E-state index contributed by atoms with van der Waals surface area (Å²) in [4.78, 5) is 14.4. The quantitative estimate of drug-likeness (QED) is 0.542. The van der Waals surface area contributed by atoms with Crippen molar-refractivity contribution >= 4 is 27.8 Å². The Morgan fingerprint density at radius 2 is 1.62 bits per heavy atom. The normalized spacial score (nSPS) is 12.8. The molecule has 1 amide bonds. The van der Waals surface area contributed by atoms with Crippen LogP contribution >= 0.6 is 11.8 Å². The standard InChI is InChI=1S/C25H33NO2S/c1-17(2)26(18(3)4)24(28)29-15-14-22(25(5,6)7)23(27)21-13-12-19-10-8-9-11-20(19)16-21/h8-13,15-18,23,27H,1-7H3/t14?,23-/m1/s1. The largest absolute Gasteiger partial charge is 0.383 e. The molecule has 2 rings (SSSR count). The molecular weight excluding hydrogens is 378 g/mol. The first-order chi connectivity index (χ1) is 13.5. The number of hydrogen-bond acceptors (Lipinski definition) is 3. The van der Waals surface area contributed by atoms with Crippen molar-refractivity contribution in [1.29, 1.82) is 0 Å². The highest BCUT2D eigenvalue weighted by Crippen LogP contribution is 2.36. The van der Waals surface area contributed by atoms with Gasteiger partial charge in [0, 0.05) is 23.1 Å². The van der Waals surface area contributed by atoms with Crippen LogP contribution in [0.3, 0.4) is 0 Å². The molecule has 0 saturated carbocycles. The number of thioether (sulfide) groups is 1. The lowest BCUT2D eigenvalue weighted by Crippen LogP contribution is -2.39. The van der Waals surface area contributed by atoms with Gasteiger partial charge in [0.2, 0.25) is 0 Å². The van der Waals surface area contributed by atoms with Gasteiger partial charge in [0.15, 0.2) is 0 Å². The maximum atomic E-state index is 12.6. The average molecular weight is 412 g/mol. The average Bonchev–Trinajstić information content (AvgIpc) is 2.62. The van der Waals surface area contributed by atoms with Crippen molar-refractivity contribution in [2.45, 2.75) is 66.7 Å². The number of fused-ring (bicyclic) bond motifs is 1. The molecule has 3 nitrogen and oxygen atoms in total. The zero-order valence-corrected chi connectivity index (χ0v) is 19.4. The summed E-state index contributed by atoms with van der Waals surface area (Å²) in [5, 5.41) is 15.0. The number of nitrogens with zero attached hydrogens (tertiary/aromatic N) is 1. The molecule has 0 saturated heterocycles. The van der Waals surface area contributed by atoms with E-state index in [0.717, 1.165) is 33.7 Å². The van der Waals surface area contributed by atoms with E-state index in [1.54, 1.807) is 5.41 Å². The summed E-state index contributed by atoms with van der Waals surface area (Å²) in [6.45, 7) is 14.2. The van der Waals surface area contributed by atoms with Crippen LogP contribution in [0.2, 0.25) is 0 Å². The summed E-state index contributed by atoms with van der Waals surface area (Å²) in [5.74, 6) is 0. The second-order valence-electron chi connectivity index (χ2n) is 8.91. The lowest BCUT2D eigenvalue weighted by Gasteiger charge is -2.29. The van der Waals surface area contributed by atoms with E-state index >= 15 is 0 Å². The Morgan fingerprint density at radius 1 is 1.03 bits per heavy atom. The van der Waals surface area contributed by atoms with Gasteiger partial charge < -0.3 is 10.0 Å². The molecule has 0 aliphatic carbocycles. The summed E-state index contributed by atoms with van der Waals surface area (Å²) in [6.07, 6.45) is -0.780. The van der Waals surface area contributed by atoms with Crippen molar-refractivity contribution in [2.24, 2.45) is 5.41 Å². The van der Waals surface area contributed by atoms with Crippen LogP contribution in [0.15, 0.2) is 59.2 Å². The highest BCUT2D eigenvalue weighted by atomic mass is 32.2. The molecule has 0 fully saturated rings. The topological polar surface area (TPSA) is 40.5 Å². The summed E-state index contributed by atoms with van der Waals surface area (Å²) in [7, 11) is 0. The first kappa shape index (κ1) is 23.3. The molecule has 2 aromatic carbocycles. The molecule has 0 radical (unpaired) electrons. The van der Waals surface area contributed by atoms with Crippen molar-refractivity contribution in [2.75, 3.05) is 0 Å². The molecule has 29 heavy (non-hydrogen) atoms. The van der Waals surface area contributed by atoms with E-state index in [2.05, 4.69) is 32.6 Å². The van der Waals surface area contributed by atoms with E-state index in [-0.39, 0.29) is 22.7 Å². The van der Waals surface area contributed by atoms with Crippen LogP contribution in [0.4, 0.5) is 4.79 Å². The van der Waals surface area contributed by atoms with Crippen LogP contribution in [-0.4, -0.2) is 27.3 Å². The monoisotopic (exact) mass is 411 g/mol. The van der Waals surface area contributed by atoms with Crippen LogP contribution in [0.25, 0.3) is 10.8 Å². The number of hydrogen-bond donors (Lipinski definition) is 1. The Kier molecular flexibility index (Phi) is 7.76. The Balaban J connectivity index is 2.34. The van der Waals surface area contributed by atoms with Gasteiger partial charge in [0.1, 0.15) is 6.10 Å². The third kappa shape index (κ3) is 5.99. The number of aliphatic hydroxyl groups is 1. The fraction of sp³-hybridized carbons (Fsp3) is 0.440. The predicted molar refractivity (Wildman–Crippen MR) is 125 cm³/mol. The summed E-state index contributed by atoms with van der Waals surface area (Å²) >= 11 is 1.12. The summed E-state index contributed by atoms with van der Waals surface area (Å²) < 4.78 is 0. The molecule has 0 aromatic heterocycles. The van der Waals surface area contributed by atoms with Gasteiger partial charge >= 0.3 is 0 Å². The van der Waals surface area contributed by atoms with Crippen LogP contribution in [0.5, 0.6) is 0 Å². The lowest BCUT2D eigenvalue weighted by atomic mass is 9.81. The molecule has 0 heterocycles. The Bertz CT molecular complexity index is 910. The highest BCUT2D eigenvalue weighted by Gasteiger charge is 2.25. The Morgan fingerprint density at radius 3 is 2.17 bits per heavy atom. The van der Waals surface area contributed by atoms with Crippen molar-refractivity contribution in [3.63, 3.8) is 0 Å².